The molecule has 1 aliphatic heterocycles. The molecule has 0 atom stereocenters. The Morgan fingerprint density at radius 1 is 1.29 bits per heavy atom. The topological polar surface area (TPSA) is 29.5 Å². The predicted octanol–water partition coefficient (Wildman–Crippen LogP) is -4.55. The van der Waals surface area contributed by atoms with Crippen molar-refractivity contribution in [2.75, 3.05) is 13.1 Å². The van der Waals surface area contributed by atoms with Gasteiger partial charge in [-0.25, -0.2) is 4.79 Å². The second-order valence-electron chi connectivity index (χ2n) is 3.67. The minimum Gasteiger partial charge on any atom is -1.00 e. The van der Waals surface area contributed by atoms with Crippen LogP contribution in [0.25, 0.3) is 0 Å². The molecule has 1 heterocycles. The van der Waals surface area contributed by atoms with Gasteiger partial charge in [-0.15, -0.1) is 13.1 Å². The van der Waals surface area contributed by atoms with Crippen LogP contribution in [-0.4, -0.2) is 29.7 Å². The Morgan fingerprint density at radius 2 is 1.71 bits per heavy atom. The summed E-state index contributed by atoms with van der Waals surface area (Å²) in [5, 5.41) is 0. The van der Waals surface area contributed by atoms with Gasteiger partial charge in [0.2, 0.25) is 0 Å². The van der Waals surface area contributed by atoms with Gasteiger partial charge in [0, 0.05) is 0 Å². The zero-order valence-electron chi connectivity index (χ0n) is 8.72. The fourth-order valence-electron chi connectivity index (χ4n) is 0.734. The fourth-order valence-corrected chi connectivity index (χ4v) is 0.734. The first-order valence-corrected chi connectivity index (χ1v) is 3.78. The van der Waals surface area contributed by atoms with Gasteiger partial charge in [0.1, 0.15) is 5.60 Å². The second-order valence-corrected chi connectivity index (χ2v) is 3.67. The standard InChI is InChI=1S/C8H14NO2.2HI.Zn/c1-8(2,3)11-7(10)9-5-4-6-9;;;/h4H,5-6H2,1-3H3;2*1H;/q-1;;;+2/p-2. The van der Waals surface area contributed by atoms with Crippen molar-refractivity contribution in [2.24, 2.45) is 0 Å². The maximum Gasteiger partial charge on any atom is 2.00 e. The van der Waals surface area contributed by atoms with Crippen molar-refractivity contribution in [3.63, 3.8) is 0 Å². The number of nitrogens with zero attached hydrogens (tertiary/aromatic N) is 1. The SMILES string of the molecule is CC(C)(C)OC(=O)N1C[CH-]C1.[I-].[I-].[Zn+2]. The van der Waals surface area contributed by atoms with Crippen LogP contribution in [0.4, 0.5) is 4.79 Å². The van der Waals surface area contributed by atoms with Crippen molar-refractivity contribution >= 4 is 6.09 Å². The van der Waals surface area contributed by atoms with E-state index in [9.17, 15) is 4.79 Å². The molecular formula is C8H14I2NO2Zn-. The van der Waals surface area contributed by atoms with Crippen molar-refractivity contribution in [2.45, 2.75) is 26.4 Å². The minimum absolute atomic E-state index is 0. The molecule has 6 heteroatoms. The Bertz CT molecular complexity index is 169. The van der Waals surface area contributed by atoms with E-state index < -0.39 is 0 Å². The molecule has 14 heavy (non-hydrogen) atoms. The Kier molecular flexibility index (Phi) is 12.6. The van der Waals surface area contributed by atoms with Crippen LogP contribution in [0.2, 0.25) is 0 Å². The van der Waals surface area contributed by atoms with E-state index >= 15 is 0 Å². The maximum atomic E-state index is 11.1. The summed E-state index contributed by atoms with van der Waals surface area (Å²) < 4.78 is 5.11. The summed E-state index contributed by atoms with van der Waals surface area (Å²) in [6, 6.07) is 0. The molecule has 0 unspecified atom stereocenters. The largest absolute Gasteiger partial charge is 2.00 e. The van der Waals surface area contributed by atoms with Crippen molar-refractivity contribution in [3.05, 3.63) is 6.42 Å². The van der Waals surface area contributed by atoms with Crippen molar-refractivity contribution in [3.8, 4) is 0 Å². The van der Waals surface area contributed by atoms with Gasteiger partial charge in [-0.1, -0.05) is 0 Å². The Morgan fingerprint density at radius 3 is 1.93 bits per heavy atom. The number of hydrogen-bond donors (Lipinski definition) is 0. The van der Waals surface area contributed by atoms with E-state index in [0.717, 1.165) is 13.1 Å². The van der Waals surface area contributed by atoms with Gasteiger partial charge in [-0.05, 0) is 20.8 Å². The molecule has 0 aromatic carbocycles. The monoisotopic (exact) mass is 474 g/mol. The molecule has 0 radical (unpaired) electrons. The van der Waals surface area contributed by atoms with Crippen molar-refractivity contribution in [1.82, 2.24) is 4.90 Å². The summed E-state index contributed by atoms with van der Waals surface area (Å²) in [4.78, 5) is 12.8. The summed E-state index contributed by atoms with van der Waals surface area (Å²) in [5.74, 6) is 0. The van der Waals surface area contributed by atoms with Crippen LogP contribution in [0.3, 0.4) is 0 Å². The van der Waals surface area contributed by atoms with E-state index in [-0.39, 0.29) is 79.1 Å². The molecule has 1 saturated heterocycles. The molecule has 1 rings (SSSR count). The Hall–Kier alpha value is 1.35. The summed E-state index contributed by atoms with van der Waals surface area (Å²) in [6.07, 6.45) is 1.82. The van der Waals surface area contributed by atoms with Crippen LogP contribution in [0.15, 0.2) is 0 Å². The van der Waals surface area contributed by atoms with Gasteiger partial charge in [0.15, 0.2) is 0 Å². The van der Waals surface area contributed by atoms with Gasteiger partial charge < -0.3 is 57.6 Å². The quantitative estimate of drug-likeness (QED) is 0.201. The third kappa shape index (κ3) is 7.62. The predicted molar refractivity (Wildman–Crippen MR) is 42.1 cm³/mol. The van der Waals surface area contributed by atoms with E-state index in [0.29, 0.717) is 0 Å². The van der Waals surface area contributed by atoms with Gasteiger partial charge >= 0.3 is 25.6 Å². The molecule has 0 bridgehead atoms. The molecule has 0 aromatic rings. The molecule has 3 nitrogen and oxygen atoms in total. The third-order valence-corrected chi connectivity index (χ3v) is 1.35. The fraction of sp³-hybridized carbons (Fsp3) is 0.750. The van der Waals surface area contributed by atoms with Crippen molar-refractivity contribution in [1.29, 1.82) is 0 Å². The van der Waals surface area contributed by atoms with E-state index in [1.54, 1.807) is 4.90 Å². The van der Waals surface area contributed by atoms with Crippen molar-refractivity contribution < 1.29 is 77.0 Å². The molecule has 1 amide bonds. The second kappa shape index (κ2) is 8.50. The maximum absolute atomic E-state index is 11.1. The van der Waals surface area contributed by atoms with Gasteiger partial charge in [0.25, 0.3) is 0 Å². The van der Waals surface area contributed by atoms with Crippen LogP contribution >= 0.6 is 0 Å². The van der Waals surface area contributed by atoms with Crippen LogP contribution < -0.4 is 48.0 Å². The number of carbonyl (C=O) groups is 1. The molecule has 0 spiro atoms. The summed E-state index contributed by atoms with van der Waals surface area (Å²) in [5.41, 5.74) is -0.368. The van der Waals surface area contributed by atoms with E-state index in [1.165, 1.54) is 0 Å². The van der Waals surface area contributed by atoms with Crippen LogP contribution in [0.5, 0.6) is 0 Å². The number of carbonyl (C=O) groups excluding carboxylic acids is 1. The van der Waals surface area contributed by atoms with Crippen LogP contribution in [0.1, 0.15) is 20.8 Å². The van der Waals surface area contributed by atoms with E-state index in [2.05, 4.69) is 0 Å². The number of hydrogen-bond acceptors (Lipinski definition) is 2. The molecule has 0 saturated carbocycles. The van der Waals surface area contributed by atoms with Gasteiger partial charge in [-0.3, -0.25) is 6.42 Å². The summed E-state index contributed by atoms with van der Waals surface area (Å²) in [7, 11) is 0. The first-order valence-electron chi connectivity index (χ1n) is 3.78. The average Bonchev–Trinajstić information content (AvgIpc) is 1.50. The molecule has 80 valence electrons. The number of likely N-dealkylation sites (tertiary alicyclic amines) is 1. The molecule has 0 aromatic heterocycles. The van der Waals surface area contributed by atoms with Crippen LogP contribution in [-0.2, 0) is 24.2 Å². The normalized spacial score (nSPS) is 13.8. The number of rotatable bonds is 0. The average molecular weight is 475 g/mol. The smallest absolute Gasteiger partial charge is 1.00 e. The van der Waals surface area contributed by atoms with Gasteiger partial charge in [0.05, 0.1) is 0 Å². The van der Waals surface area contributed by atoms with Crippen LogP contribution in [0, 0.1) is 6.42 Å². The molecular weight excluding hydrogens is 461 g/mol. The Labute approximate surface area is 132 Å². The Balaban J connectivity index is -0.000000403. The minimum atomic E-state index is -0.368. The molecule has 0 aliphatic carbocycles. The molecule has 1 aliphatic rings. The summed E-state index contributed by atoms with van der Waals surface area (Å²) >= 11 is 0. The zero-order valence-corrected chi connectivity index (χ0v) is 16.0. The summed E-state index contributed by atoms with van der Waals surface area (Å²) in [6.45, 7) is 7.07. The number of halogens is 2. The third-order valence-electron chi connectivity index (χ3n) is 1.35. The first-order chi connectivity index (χ1) is 4.99. The number of ether oxygens (including phenoxy) is 1. The van der Waals surface area contributed by atoms with E-state index in [1.807, 2.05) is 27.2 Å². The van der Waals surface area contributed by atoms with E-state index in [4.69, 9.17) is 4.74 Å². The van der Waals surface area contributed by atoms with Gasteiger partial charge in [-0.2, -0.15) is 0 Å². The molecule has 1 fully saturated rings. The first kappa shape index (κ1) is 20.7. The zero-order chi connectivity index (χ0) is 8.48. The number of amides is 1. The molecule has 0 N–H and O–H groups in total.